The molecule has 0 aromatic heterocycles. The van der Waals surface area contributed by atoms with Gasteiger partial charge in [-0.2, -0.15) is 0 Å². The molecule has 0 aliphatic heterocycles. The molecule has 0 radical (unpaired) electrons. The van der Waals surface area contributed by atoms with Crippen LogP contribution in [0.2, 0.25) is 10.0 Å². The van der Waals surface area contributed by atoms with Gasteiger partial charge in [-0.05, 0) is 37.3 Å². The molecule has 100 valence electrons. The van der Waals surface area contributed by atoms with Gasteiger partial charge in [-0.3, -0.25) is 0 Å². The molecule has 0 saturated carbocycles. The Hall–Kier alpha value is -1.38. The Morgan fingerprint density at radius 2 is 1.79 bits per heavy atom. The second kappa shape index (κ2) is 6.69. The number of halogens is 2. The van der Waals surface area contributed by atoms with Crippen molar-refractivity contribution in [1.82, 2.24) is 0 Å². The first-order valence-corrected chi connectivity index (χ1v) is 6.79. The molecule has 2 rings (SSSR count). The van der Waals surface area contributed by atoms with E-state index in [9.17, 15) is 0 Å². The minimum Gasteiger partial charge on any atom is -0.492 e. The fourth-order valence-electron chi connectivity index (χ4n) is 1.62. The Kier molecular flexibility index (Phi) is 4.94. The molecule has 0 saturated heterocycles. The Bertz CT molecular complexity index is 540. The third kappa shape index (κ3) is 4.34. The quantitative estimate of drug-likeness (QED) is 0.801. The molecular formula is C15H15Cl2NO. The maximum absolute atomic E-state index is 6.05. The van der Waals surface area contributed by atoms with Gasteiger partial charge in [0.05, 0.1) is 10.7 Å². The van der Waals surface area contributed by atoms with Crippen LogP contribution in [0, 0.1) is 6.92 Å². The van der Waals surface area contributed by atoms with Crippen molar-refractivity contribution in [3.05, 3.63) is 58.1 Å². The largest absolute Gasteiger partial charge is 0.492 e. The van der Waals surface area contributed by atoms with E-state index in [4.69, 9.17) is 27.9 Å². The van der Waals surface area contributed by atoms with Crippen molar-refractivity contribution in [1.29, 1.82) is 0 Å². The zero-order valence-corrected chi connectivity index (χ0v) is 12.1. The van der Waals surface area contributed by atoms with Gasteiger partial charge in [0.2, 0.25) is 0 Å². The molecule has 19 heavy (non-hydrogen) atoms. The summed E-state index contributed by atoms with van der Waals surface area (Å²) < 4.78 is 5.61. The lowest BCUT2D eigenvalue weighted by atomic mass is 10.2. The second-order valence-corrected chi connectivity index (χ2v) is 5.06. The minimum absolute atomic E-state index is 0.561. The van der Waals surface area contributed by atoms with Crippen molar-refractivity contribution in [3.63, 3.8) is 0 Å². The molecule has 1 N–H and O–H groups in total. The highest BCUT2D eigenvalue weighted by Gasteiger charge is 2.00. The number of aryl methyl sites for hydroxylation is 1. The first-order valence-electron chi connectivity index (χ1n) is 6.03. The molecule has 0 heterocycles. The zero-order valence-electron chi connectivity index (χ0n) is 10.6. The van der Waals surface area contributed by atoms with Crippen LogP contribution in [0.4, 0.5) is 5.69 Å². The normalized spacial score (nSPS) is 10.3. The van der Waals surface area contributed by atoms with Gasteiger partial charge < -0.3 is 10.1 Å². The monoisotopic (exact) mass is 295 g/mol. The van der Waals surface area contributed by atoms with Crippen LogP contribution in [0.5, 0.6) is 5.75 Å². The maximum Gasteiger partial charge on any atom is 0.119 e. The van der Waals surface area contributed by atoms with Crippen molar-refractivity contribution >= 4 is 28.9 Å². The number of hydrogen-bond donors (Lipinski definition) is 1. The standard InChI is InChI=1S/C15H15Cl2NO/c1-11-2-5-13(6-3-11)19-9-8-18-15-10-12(16)4-7-14(15)17/h2-7,10,18H,8-9H2,1H3. The van der Waals surface area contributed by atoms with Gasteiger partial charge in [0.1, 0.15) is 12.4 Å². The van der Waals surface area contributed by atoms with E-state index in [0.717, 1.165) is 11.4 Å². The van der Waals surface area contributed by atoms with Crippen LogP contribution < -0.4 is 10.1 Å². The van der Waals surface area contributed by atoms with E-state index in [1.807, 2.05) is 31.2 Å². The predicted octanol–water partition coefficient (Wildman–Crippen LogP) is 4.79. The molecule has 4 heteroatoms. The molecule has 0 unspecified atom stereocenters. The minimum atomic E-state index is 0.561. The third-order valence-electron chi connectivity index (χ3n) is 2.64. The molecule has 0 bridgehead atoms. The van der Waals surface area contributed by atoms with Crippen molar-refractivity contribution < 1.29 is 4.74 Å². The van der Waals surface area contributed by atoms with E-state index in [-0.39, 0.29) is 0 Å². The van der Waals surface area contributed by atoms with Gasteiger partial charge in [-0.15, -0.1) is 0 Å². The molecule has 0 atom stereocenters. The van der Waals surface area contributed by atoms with E-state index in [1.54, 1.807) is 18.2 Å². The lowest BCUT2D eigenvalue weighted by molar-refractivity contribution is 0.333. The maximum atomic E-state index is 6.05. The number of benzene rings is 2. The van der Waals surface area contributed by atoms with Crippen LogP contribution in [-0.2, 0) is 0 Å². The Labute approximate surface area is 123 Å². The smallest absolute Gasteiger partial charge is 0.119 e. The summed E-state index contributed by atoms with van der Waals surface area (Å²) in [7, 11) is 0. The van der Waals surface area contributed by atoms with Crippen LogP contribution in [-0.4, -0.2) is 13.2 Å². The highest BCUT2D eigenvalue weighted by Crippen LogP contribution is 2.25. The summed E-state index contributed by atoms with van der Waals surface area (Å²) in [5.41, 5.74) is 2.04. The number of nitrogens with one attached hydrogen (secondary N) is 1. The predicted molar refractivity (Wildman–Crippen MR) is 81.6 cm³/mol. The average molecular weight is 296 g/mol. The van der Waals surface area contributed by atoms with Gasteiger partial charge in [-0.25, -0.2) is 0 Å². The summed E-state index contributed by atoms with van der Waals surface area (Å²) in [5.74, 6) is 0.865. The summed E-state index contributed by atoms with van der Waals surface area (Å²) in [4.78, 5) is 0. The summed E-state index contributed by atoms with van der Waals surface area (Å²) in [5, 5.41) is 4.51. The lowest BCUT2D eigenvalue weighted by Gasteiger charge is -2.10. The summed E-state index contributed by atoms with van der Waals surface area (Å²) in [6.45, 7) is 3.27. The molecule has 0 aliphatic rings. The van der Waals surface area contributed by atoms with Gasteiger partial charge in [0.25, 0.3) is 0 Å². The number of hydrogen-bond acceptors (Lipinski definition) is 2. The van der Waals surface area contributed by atoms with Gasteiger partial charge in [0, 0.05) is 11.6 Å². The highest BCUT2D eigenvalue weighted by molar-refractivity contribution is 6.35. The molecule has 0 amide bonds. The SMILES string of the molecule is Cc1ccc(OCCNc2cc(Cl)ccc2Cl)cc1. The third-order valence-corrected chi connectivity index (χ3v) is 3.20. The van der Waals surface area contributed by atoms with E-state index in [2.05, 4.69) is 5.32 Å². The van der Waals surface area contributed by atoms with Crippen LogP contribution in [0.15, 0.2) is 42.5 Å². The molecule has 0 spiro atoms. The first kappa shape index (κ1) is 14.0. The van der Waals surface area contributed by atoms with Gasteiger partial charge >= 0.3 is 0 Å². The fraction of sp³-hybridized carbons (Fsp3) is 0.200. The zero-order chi connectivity index (χ0) is 13.7. The molecular weight excluding hydrogens is 281 g/mol. The molecule has 0 aliphatic carbocycles. The molecule has 2 nitrogen and oxygen atoms in total. The number of ether oxygens (including phenoxy) is 1. The van der Waals surface area contributed by atoms with Crippen LogP contribution in [0.25, 0.3) is 0 Å². The van der Waals surface area contributed by atoms with E-state index in [1.165, 1.54) is 5.56 Å². The number of rotatable bonds is 5. The summed E-state index contributed by atoms with van der Waals surface area (Å²) in [6.07, 6.45) is 0. The van der Waals surface area contributed by atoms with Crippen molar-refractivity contribution in [2.24, 2.45) is 0 Å². The van der Waals surface area contributed by atoms with Crippen molar-refractivity contribution in [3.8, 4) is 5.75 Å². The molecule has 2 aromatic rings. The Balaban J connectivity index is 1.80. The Morgan fingerprint density at radius 1 is 1.05 bits per heavy atom. The number of anilines is 1. The van der Waals surface area contributed by atoms with Gasteiger partial charge in [-0.1, -0.05) is 40.9 Å². The fourth-order valence-corrected chi connectivity index (χ4v) is 1.98. The van der Waals surface area contributed by atoms with E-state index < -0.39 is 0 Å². The van der Waals surface area contributed by atoms with Gasteiger partial charge in [0.15, 0.2) is 0 Å². The van der Waals surface area contributed by atoms with Crippen molar-refractivity contribution in [2.75, 3.05) is 18.5 Å². The van der Waals surface area contributed by atoms with Crippen molar-refractivity contribution in [2.45, 2.75) is 6.92 Å². The average Bonchev–Trinajstić information content (AvgIpc) is 2.40. The second-order valence-electron chi connectivity index (χ2n) is 4.21. The summed E-state index contributed by atoms with van der Waals surface area (Å²) >= 11 is 12.0. The lowest BCUT2D eigenvalue weighted by Crippen LogP contribution is -2.11. The van der Waals surface area contributed by atoms with Crippen LogP contribution in [0.1, 0.15) is 5.56 Å². The van der Waals surface area contributed by atoms with E-state index >= 15 is 0 Å². The Morgan fingerprint density at radius 3 is 2.53 bits per heavy atom. The first-order chi connectivity index (χ1) is 9.15. The van der Waals surface area contributed by atoms with Crippen LogP contribution >= 0.6 is 23.2 Å². The van der Waals surface area contributed by atoms with Crippen LogP contribution in [0.3, 0.4) is 0 Å². The summed E-state index contributed by atoms with van der Waals surface area (Å²) in [6, 6.07) is 13.3. The molecule has 2 aromatic carbocycles. The highest BCUT2D eigenvalue weighted by atomic mass is 35.5. The van der Waals surface area contributed by atoms with E-state index in [0.29, 0.717) is 23.2 Å². The topological polar surface area (TPSA) is 21.3 Å². The molecule has 0 fully saturated rings.